The van der Waals surface area contributed by atoms with Gasteiger partial charge in [0.2, 0.25) is 0 Å². The van der Waals surface area contributed by atoms with Crippen molar-refractivity contribution < 1.29 is 17.9 Å². The molecule has 0 N–H and O–H groups in total. The number of nitrogens with zero attached hydrogens (tertiary/aromatic N) is 1. The van der Waals surface area contributed by atoms with Gasteiger partial charge in [0, 0.05) is 18.5 Å². The van der Waals surface area contributed by atoms with Crippen LogP contribution in [0.15, 0.2) is 59.8 Å². The second kappa shape index (κ2) is 7.69. The summed E-state index contributed by atoms with van der Waals surface area (Å²) in [5, 5.41) is 0. The number of esters is 1. The van der Waals surface area contributed by atoms with Crippen molar-refractivity contribution in [3.8, 4) is 0 Å². The van der Waals surface area contributed by atoms with Gasteiger partial charge in [-0.25, -0.2) is 13.2 Å². The van der Waals surface area contributed by atoms with E-state index in [0.717, 1.165) is 5.56 Å². The lowest BCUT2D eigenvalue weighted by Gasteiger charge is -2.05. The van der Waals surface area contributed by atoms with E-state index in [1.807, 2.05) is 0 Å². The quantitative estimate of drug-likeness (QED) is 0.601. The van der Waals surface area contributed by atoms with Crippen LogP contribution >= 0.6 is 0 Å². The number of hydrogen-bond donors (Lipinski definition) is 0. The highest BCUT2D eigenvalue weighted by Crippen LogP contribution is 2.16. The van der Waals surface area contributed by atoms with Crippen LogP contribution < -0.4 is 0 Å². The van der Waals surface area contributed by atoms with E-state index in [0.29, 0.717) is 12.2 Å². The molecule has 23 heavy (non-hydrogen) atoms. The van der Waals surface area contributed by atoms with Gasteiger partial charge in [-0.1, -0.05) is 24.3 Å². The number of carbonyl (C=O) groups excluding carboxylic acids is 1. The van der Waals surface area contributed by atoms with Gasteiger partial charge in [0.1, 0.15) is 0 Å². The third kappa shape index (κ3) is 5.03. The number of rotatable bonds is 6. The Morgan fingerprint density at radius 1 is 1.13 bits per heavy atom. The molecule has 0 spiro atoms. The SMILES string of the molecule is CCOC(=O)C=Cc1ccc(CS(=O)(=O)c2ccncc2)cc1. The van der Waals surface area contributed by atoms with E-state index in [9.17, 15) is 13.2 Å². The van der Waals surface area contributed by atoms with Gasteiger partial charge >= 0.3 is 5.97 Å². The fraction of sp³-hybridized carbons (Fsp3) is 0.176. The van der Waals surface area contributed by atoms with Gasteiger partial charge in [0.15, 0.2) is 9.84 Å². The van der Waals surface area contributed by atoms with Crippen molar-refractivity contribution in [2.75, 3.05) is 6.61 Å². The molecule has 0 radical (unpaired) electrons. The fourth-order valence-electron chi connectivity index (χ4n) is 1.93. The first-order valence-electron chi connectivity index (χ1n) is 7.08. The van der Waals surface area contributed by atoms with Crippen LogP contribution in [0.2, 0.25) is 0 Å². The molecule has 2 aromatic rings. The molecule has 0 saturated carbocycles. The molecular formula is C17H17NO4S. The number of hydrogen-bond acceptors (Lipinski definition) is 5. The zero-order valence-corrected chi connectivity index (χ0v) is 13.5. The Morgan fingerprint density at radius 3 is 2.39 bits per heavy atom. The van der Waals surface area contributed by atoms with Gasteiger partial charge in [0.25, 0.3) is 0 Å². The second-order valence-electron chi connectivity index (χ2n) is 4.77. The first-order chi connectivity index (χ1) is 11.0. The molecule has 0 unspecified atom stereocenters. The minimum atomic E-state index is -3.39. The maximum Gasteiger partial charge on any atom is 0.330 e. The van der Waals surface area contributed by atoms with E-state index in [-0.39, 0.29) is 10.6 Å². The molecule has 0 amide bonds. The second-order valence-corrected chi connectivity index (χ2v) is 6.76. The number of pyridine rings is 1. The van der Waals surface area contributed by atoms with Gasteiger partial charge in [0.05, 0.1) is 17.3 Å². The average molecular weight is 331 g/mol. The van der Waals surface area contributed by atoms with Crippen molar-refractivity contribution in [2.45, 2.75) is 17.6 Å². The van der Waals surface area contributed by atoms with Crippen LogP contribution in [0.3, 0.4) is 0 Å². The summed E-state index contributed by atoms with van der Waals surface area (Å²) in [5.74, 6) is -0.490. The highest BCUT2D eigenvalue weighted by Gasteiger charge is 2.14. The smallest absolute Gasteiger partial charge is 0.330 e. The summed E-state index contributed by atoms with van der Waals surface area (Å²) in [6, 6.07) is 9.92. The van der Waals surface area contributed by atoms with E-state index >= 15 is 0 Å². The van der Waals surface area contributed by atoms with Crippen LogP contribution in [-0.2, 0) is 25.1 Å². The standard InChI is InChI=1S/C17H17NO4S/c1-2-22-17(19)8-7-14-3-5-15(6-4-14)13-23(20,21)16-9-11-18-12-10-16/h3-12H,2,13H2,1H3. The summed E-state index contributed by atoms with van der Waals surface area (Å²) in [4.78, 5) is 15.3. The van der Waals surface area contributed by atoms with Crippen molar-refractivity contribution >= 4 is 21.9 Å². The number of ether oxygens (including phenoxy) is 1. The van der Waals surface area contributed by atoms with Crippen molar-refractivity contribution in [3.63, 3.8) is 0 Å². The van der Waals surface area contributed by atoms with Gasteiger partial charge < -0.3 is 4.74 Å². The van der Waals surface area contributed by atoms with Crippen LogP contribution in [0.25, 0.3) is 6.08 Å². The maximum atomic E-state index is 12.3. The molecule has 1 aromatic carbocycles. The largest absolute Gasteiger partial charge is 0.463 e. The maximum absolute atomic E-state index is 12.3. The predicted molar refractivity (Wildman–Crippen MR) is 87.2 cm³/mol. The Morgan fingerprint density at radius 2 is 1.78 bits per heavy atom. The molecule has 0 saturated heterocycles. The Kier molecular flexibility index (Phi) is 5.65. The average Bonchev–Trinajstić information content (AvgIpc) is 2.55. The molecule has 1 heterocycles. The molecular weight excluding hydrogens is 314 g/mol. The Hall–Kier alpha value is -2.47. The van der Waals surface area contributed by atoms with Gasteiger partial charge in [-0.2, -0.15) is 0 Å². The molecule has 0 aliphatic heterocycles. The lowest BCUT2D eigenvalue weighted by molar-refractivity contribution is -0.137. The van der Waals surface area contributed by atoms with E-state index in [4.69, 9.17) is 4.74 Å². The normalized spacial score (nSPS) is 11.5. The first-order valence-corrected chi connectivity index (χ1v) is 8.73. The molecule has 120 valence electrons. The molecule has 0 fully saturated rings. The summed E-state index contributed by atoms with van der Waals surface area (Å²) < 4.78 is 29.3. The Bertz CT molecular complexity index is 781. The van der Waals surface area contributed by atoms with Crippen molar-refractivity contribution in [1.29, 1.82) is 0 Å². The zero-order chi connectivity index (χ0) is 16.7. The Balaban J connectivity index is 2.07. The first kappa shape index (κ1) is 16.9. The van der Waals surface area contributed by atoms with E-state index in [1.165, 1.54) is 30.6 Å². The van der Waals surface area contributed by atoms with Gasteiger partial charge in [-0.05, 0) is 36.3 Å². The summed E-state index contributed by atoms with van der Waals surface area (Å²) >= 11 is 0. The van der Waals surface area contributed by atoms with Crippen molar-refractivity contribution in [2.24, 2.45) is 0 Å². The number of aromatic nitrogens is 1. The summed E-state index contributed by atoms with van der Waals surface area (Å²) in [6.45, 7) is 2.07. The lowest BCUT2D eigenvalue weighted by atomic mass is 10.1. The van der Waals surface area contributed by atoms with Gasteiger partial charge in [-0.3, -0.25) is 4.98 Å². The van der Waals surface area contributed by atoms with E-state index in [2.05, 4.69) is 4.98 Å². The molecule has 6 heteroatoms. The van der Waals surface area contributed by atoms with E-state index in [1.54, 1.807) is 37.3 Å². The predicted octanol–water partition coefficient (Wildman–Crippen LogP) is 2.63. The highest BCUT2D eigenvalue weighted by molar-refractivity contribution is 7.90. The number of carbonyl (C=O) groups is 1. The number of sulfone groups is 1. The van der Waals surface area contributed by atoms with Crippen LogP contribution in [-0.4, -0.2) is 26.0 Å². The van der Waals surface area contributed by atoms with Crippen LogP contribution in [0.5, 0.6) is 0 Å². The third-order valence-electron chi connectivity index (χ3n) is 3.04. The van der Waals surface area contributed by atoms with Gasteiger partial charge in [-0.15, -0.1) is 0 Å². The van der Waals surface area contributed by atoms with Crippen LogP contribution in [0, 0.1) is 0 Å². The third-order valence-corrected chi connectivity index (χ3v) is 4.75. The summed E-state index contributed by atoms with van der Waals surface area (Å²) in [7, 11) is -3.39. The molecule has 0 aliphatic rings. The van der Waals surface area contributed by atoms with Crippen LogP contribution in [0.1, 0.15) is 18.1 Å². The minimum Gasteiger partial charge on any atom is -0.463 e. The molecule has 0 atom stereocenters. The summed E-state index contributed by atoms with van der Waals surface area (Å²) in [5.41, 5.74) is 1.47. The monoisotopic (exact) mass is 331 g/mol. The number of benzene rings is 1. The molecule has 5 nitrogen and oxygen atoms in total. The highest BCUT2D eigenvalue weighted by atomic mass is 32.2. The topological polar surface area (TPSA) is 73.3 Å². The summed E-state index contributed by atoms with van der Waals surface area (Å²) in [6.07, 6.45) is 5.87. The Labute approximate surface area is 135 Å². The molecule has 2 rings (SSSR count). The van der Waals surface area contributed by atoms with Crippen molar-refractivity contribution in [3.05, 3.63) is 66.0 Å². The lowest BCUT2D eigenvalue weighted by Crippen LogP contribution is -2.04. The molecule has 0 bridgehead atoms. The molecule has 1 aromatic heterocycles. The minimum absolute atomic E-state index is 0.0844. The zero-order valence-electron chi connectivity index (χ0n) is 12.7. The van der Waals surface area contributed by atoms with E-state index < -0.39 is 15.8 Å². The van der Waals surface area contributed by atoms with Crippen LogP contribution in [0.4, 0.5) is 0 Å². The fourth-order valence-corrected chi connectivity index (χ4v) is 3.26. The van der Waals surface area contributed by atoms with Crippen molar-refractivity contribution in [1.82, 2.24) is 4.98 Å². The molecule has 0 aliphatic carbocycles.